The Balaban J connectivity index is 1.57. The molecule has 0 saturated heterocycles. The molecule has 1 heterocycles. The van der Waals surface area contributed by atoms with Crippen LogP contribution in [0.5, 0.6) is 5.75 Å². The molecule has 0 atom stereocenters. The molecule has 0 aliphatic heterocycles. The third-order valence-electron chi connectivity index (χ3n) is 4.87. The number of fused-ring (bicyclic) bond motifs is 2. The molecular formula is C22H27BrOSe. The summed E-state index contributed by atoms with van der Waals surface area (Å²) in [5.41, 5.74) is 0. The normalized spacial score (nSPS) is 11.6. The molecule has 0 fully saturated rings. The second-order valence-electron chi connectivity index (χ2n) is 6.98. The summed E-state index contributed by atoms with van der Waals surface area (Å²) in [6.45, 7) is 2.28. The van der Waals surface area contributed by atoms with Crippen molar-refractivity contribution in [1.29, 1.82) is 0 Å². The van der Waals surface area contributed by atoms with Gasteiger partial charge in [0, 0.05) is 0 Å². The van der Waals surface area contributed by atoms with Gasteiger partial charge in [-0.05, 0) is 0 Å². The molecule has 2 aromatic carbocycles. The van der Waals surface area contributed by atoms with E-state index in [1.165, 1.54) is 72.8 Å². The number of aryl methyl sites for hydroxylation is 1. The average molecular weight is 466 g/mol. The molecule has 25 heavy (non-hydrogen) atoms. The van der Waals surface area contributed by atoms with Crippen molar-refractivity contribution in [3.63, 3.8) is 0 Å². The summed E-state index contributed by atoms with van der Waals surface area (Å²) in [6, 6.07) is 10.8. The summed E-state index contributed by atoms with van der Waals surface area (Å²) < 4.78 is 3.90. The molecule has 3 rings (SSSR count). The van der Waals surface area contributed by atoms with Gasteiger partial charge in [-0.15, -0.1) is 0 Å². The fourth-order valence-corrected chi connectivity index (χ4v) is 6.15. The number of rotatable bonds is 9. The van der Waals surface area contributed by atoms with Crippen LogP contribution in [0.2, 0.25) is 0 Å². The molecule has 1 aromatic heterocycles. The van der Waals surface area contributed by atoms with Crippen LogP contribution >= 0.6 is 15.9 Å². The van der Waals surface area contributed by atoms with Crippen molar-refractivity contribution in [2.24, 2.45) is 0 Å². The van der Waals surface area contributed by atoms with Gasteiger partial charge in [-0.25, -0.2) is 0 Å². The number of benzene rings is 2. The number of hydrogen-bond donors (Lipinski definition) is 1. The Morgan fingerprint density at radius 3 is 2.24 bits per heavy atom. The van der Waals surface area contributed by atoms with E-state index >= 15 is 0 Å². The maximum absolute atomic E-state index is 9.89. The fraction of sp³-hybridized carbons (Fsp3) is 0.455. The Kier molecular flexibility index (Phi) is 7.04. The minimum atomic E-state index is 0.319. The molecule has 0 aliphatic carbocycles. The molecule has 1 nitrogen and oxygen atoms in total. The number of phenols is 1. The van der Waals surface area contributed by atoms with Crippen molar-refractivity contribution in [1.82, 2.24) is 0 Å². The molecule has 3 heteroatoms. The zero-order valence-corrected chi connectivity index (χ0v) is 18.3. The standard InChI is InChI=1S/C22H27BrOSe/c1-2-3-4-5-6-7-8-9-10-19-12-18-11-16-14-21(24)20(23)13-17(16)15-22(18)25-19/h11-15,24H,2-10H2,1H3. The Hall–Kier alpha value is -0.761. The van der Waals surface area contributed by atoms with E-state index in [1.807, 2.05) is 12.1 Å². The number of halogens is 1. The van der Waals surface area contributed by atoms with Crippen LogP contribution in [-0.4, -0.2) is 19.6 Å². The van der Waals surface area contributed by atoms with Gasteiger partial charge in [-0.1, -0.05) is 0 Å². The van der Waals surface area contributed by atoms with Crippen molar-refractivity contribution < 1.29 is 5.11 Å². The van der Waals surface area contributed by atoms with E-state index in [0.717, 1.165) is 9.86 Å². The summed E-state index contributed by atoms with van der Waals surface area (Å²) >= 11 is 3.90. The van der Waals surface area contributed by atoms with E-state index in [0.29, 0.717) is 20.3 Å². The molecule has 0 radical (unpaired) electrons. The van der Waals surface area contributed by atoms with Gasteiger partial charge in [0.1, 0.15) is 0 Å². The first-order valence-corrected chi connectivity index (χ1v) is 12.0. The second-order valence-corrected chi connectivity index (χ2v) is 10.3. The zero-order valence-electron chi connectivity index (χ0n) is 15.0. The first-order valence-electron chi connectivity index (χ1n) is 9.52. The van der Waals surface area contributed by atoms with E-state index in [-0.39, 0.29) is 0 Å². The maximum atomic E-state index is 9.89. The van der Waals surface area contributed by atoms with E-state index in [9.17, 15) is 5.11 Å². The predicted molar refractivity (Wildman–Crippen MR) is 114 cm³/mol. The molecule has 3 aromatic rings. The Morgan fingerprint density at radius 2 is 1.48 bits per heavy atom. The van der Waals surface area contributed by atoms with Gasteiger partial charge in [0.25, 0.3) is 0 Å². The quantitative estimate of drug-likeness (QED) is 0.261. The Morgan fingerprint density at radius 1 is 0.800 bits per heavy atom. The van der Waals surface area contributed by atoms with E-state index in [4.69, 9.17) is 0 Å². The number of aromatic hydroxyl groups is 1. The van der Waals surface area contributed by atoms with Gasteiger partial charge in [0.2, 0.25) is 0 Å². The van der Waals surface area contributed by atoms with E-state index < -0.39 is 0 Å². The van der Waals surface area contributed by atoms with E-state index in [1.54, 1.807) is 4.44 Å². The topological polar surface area (TPSA) is 20.2 Å². The van der Waals surface area contributed by atoms with Gasteiger partial charge in [-0.2, -0.15) is 0 Å². The Bertz CT molecular complexity index is 778. The van der Waals surface area contributed by atoms with Crippen LogP contribution in [0.15, 0.2) is 34.8 Å². The van der Waals surface area contributed by atoms with Crippen molar-refractivity contribution in [3.8, 4) is 5.75 Å². The van der Waals surface area contributed by atoms with Crippen LogP contribution in [0.4, 0.5) is 0 Å². The zero-order chi connectivity index (χ0) is 17.6. The molecule has 0 aliphatic rings. The molecule has 0 spiro atoms. The van der Waals surface area contributed by atoms with Gasteiger partial charge >= 0.3 is 166 Å². The number of unbranched alkanes of at least 4 members (excludes halogenated alkanes) is 7. The van der Waals surface area contributed by atoms with Crippen molar-refractivity contribution in [3.05, 3.63) is 39.2 Å². The fourth-order valence-electron chi connectivity index (χ4n) is 3.41. The number of hydrogen-bond acceptors (Lipinski definition) is 1. The number of phenolic OH excluding ortho intramolecular Hbond substituents is 1. The summed E-state index contributed by atoms with van der Waals surface area (Å²) in [4.78, 5) is 0. The Labute approximate surface area is 165 Å². The third kappa shape index (κ3) is 5.12. The van der Waals surface area contributed by atoms with Crippen LogP contribution < -0.4 is 0 Å². The summed E-state index contributed by atoms with van der Waals surface area (Å²) in [5, 5.41) is 13.6. The van der Waals surface area contributed by atoms with Crippen LogP contribution in [0.1, 0.15) is 62.7 Å². The molecule has 0 amide bonds. The van der Waals surface area contributed by atoms with Crippen LogP contribution in [0.25, 0.3) is 20.4 Å². The second kappa shape index (κ2) is 9.26. The van der Waals surface area contributed by atoms with Gasteiger partial charge in [0.15, 0.2) is 0 Å². The summed E-state index contributed by atoms with van der Waals surface area (Å²) in [6.07, 6.45) is 12.3. The average Bonchev–Trinajstić information content (AvgIpc) is 2.98. The van der Waals surface area contributed by atoms with Crippen molar-refractivity contribution >= 4 is 50.9 Å². The predicted octanol–water partition coefficient (Wildman–Crippen LogP) is 7.20. The van der Waals surface area contributed by atoms with Crippen LogP contribution in [-0.2, 0) is 6.42 Å². The molecule has 134 valence electrons. The SMILES string of the molecule is CCCCCCCCCCc1cc2cc3cc(O)c(Br)cc3cc2[se]1. The third-order valence-corrected chi connectivity index (χ3v) is 7.93. The first kappa shape index (κ1) is 19.0. The van der Waals surface area contributed by atoms with Crippen LogP contribution in [0, 0.1) is 0 Å². The van der Waals surface area contributed by atoms with Gasteiger partial charge < -0.3 is 0 Å². The van der Waals surface area contributed by atoms with Crippen LogP contribution in [0.3, 0.4) is 0 Å². The molecule has 0 bridgehead atoms. The molecule has 1 N–H and O–H groups in total. The first-order chi connectivity index (χ1) is 12.2. The van der Waals surface area contributed by atoms with E-state index in [2.05, 4.69) is 41.1 Å². The minimum absolute atomic E-state index is 0.319. The molecular weight excluding hydrogens is 439 g/mol. The van der Waals surface area contributed by atoms with Crippen molar-refractivity contribution in [2.45, 2.75) is 64.7 Å². The monoisotopic (exact) mass is 466 g/mol. The van der Waals surface area contributed by atoms with Gasteiger partial charge in [-0.3, -0.25) is 0 Å². The van der Waals surface area contributed by atoms with Gasteiger partial charge in [0.05, 0.1) is 0 Å². The summed E-state index contributed by atoms with van der Waals surface area (Å²) in [7, 11) is 0. The summed E-state index contributed by atoms with van der Waals surface area (Å²) in [5.74, 6) is 0.319. The molecule has 0 saturated carbocycles. The molecule has 0 unspecified atom stereocenters. The van der Waals surface area contributed by atoms with Crippen molar-refractivity contribution in [2.75, 3.05) is 0 Å².